The second-order valence-electron chi connectivity index (χ2n) is 5.27. The SMILES string of the molecule is COCCOc1ccccc1C(C)(O)CNC1CC1. The summed E-state index contributed by atoms with van der Waals surface area (Å²) >= 11 is 0. The molecule has 1 unspecified atom stereocenters. The number of nitrogens with one attached hydrogen (secondary N) is 1. The van der Waals surface area contributed by atoms with E-state index in [1.54, 1.807) is 7.11 Å². The van der Waals surface area contributed by atoms with Crippen molar-refractivity contribution in [2.24, 2.45) is 0 Å². The van der Waals surface area contributed by atoms with Gasteiger partial charge in [0.2, 0.25) is 0 Å². The number of hydrogen-bond acceptors (Lipinski definition) is 4. The fourth-order valence-electron chi connectivity index (χ4n) is 2.00. The third-order valence-electron chi connectivity index (χ3n) is 3.32. The Bertz CT molecular complexity index is 402. The first-order valence-electron chi connectivity index (χ1n) is 6.80. The van der Waals surface area contributed by atoms with Crippen LogP contribution in [0.1, 0.15) is 25.3 Å². The van der Waals surface area contributed by atoms with Crippen LogP contribution >= 0.6 is 0 Å². The second kappa shape index (κ2) is 6.37. The topological polar surface area (TPSA) is 50.7 Å². The van der Waals surface area contributed by atoms with E-state index in [2.05, 4.69) is 5.32 Å². The molecule has 1 aliphatic carbocycles. The van der Waals surface area contributed by atoms with E-state index < -0.39 is 5.60 Å². The fraction of sp³-hybridized carbons (Fsp3) is 0.600. The highest BCUT2D eigenvalue weighted by Crippen LogP contribution is 2.30. The largest absolute Gasteiger partial charge is 0.491 e. The summed E-state index contributed by atoms with van der Waals surface area (Å²) in [5, 5.41) is 14.0. The molecule has 1 aliphatic rings. The number of para-hydroxylation sites is 1. The molecule has 1 aromatic carbocycles. The molecule has 4 heteroatoms. The van der Waals surface area contributed by atoms with Gasteiger partial charge in [-0.05, 0) is 25.8 Å². The highest BCUT2D eigenvalue weighted by molar-refractivity contribution is 5.38. The first kappa shape index (κ1) is 14.3. The third-order valence-corrected chi connectivity index (χ3v) is 3.32. The lowest BCUT2D eigenvalue weighted by molar-refractivity contribution is 0.0520. The highest BCUT2D eigenvalue weighted by Gasteiger charge is 2.30. The van der Waals surface area contributed by atoms with Crippen molar-refractivity contribution in [3.05, 3.63) is 29.8 Å². The first-order chi connectivity index (χ1) is 9.13. The van der Waals surface area contributed by atoms with E-state index in [0.717, 1.165) is 11.3 Å². The maximum atomic E-state index is 10.6. The second-order valence-corrected chi connectivity index (χ2v) is 5.27. The van der Waals surface area contributed by atoms with Crippen molar-refractivity contribution in [3.8, 4) is 5.75 Å². The van der Waals surface area contributed by atoms with Gasteiger partial charge in [-0.25, -0.2) is 0 Å². The summed E-state index contributed by atoms with van der Waals surface area (Å²) in [6, 6.07) is 8.21. The van der Waals surface area contributed by atoms with E-state index in [9.17, 15) is 5.11 Å². The van der Waals surface area contributed by atoms with Crippen molar-refractivity contribution < 1.29 is 14.6 Å². The maximum Gasteiger partial charge on any atom is 0.125 e. The van der Waals surface area contributed by atoms with Gasteiger partial charge in [0.25, 0.3) is 0 Å². The van der Waals surface area contributed by atoms with Crippen molar-refractivity contribution in [1.82, 2.24) is 5.32 Å². The van der Waals surface area contributed by atoms with Crippen LogP contribution < -0.4 is 10.1 Å². The van der Waals surface area contributed by atoms with Crippen LogP contribution in [0.4, 0.5) is 0 Å². The molecule has 0 aliphatic heterocycles. The number of benzene rings is 1. The average Bonchev–Trinajstić information content (AvgIpc) is 3.21. The number of rotatable bonds is 8. The predicted octanol–water partition coefficient (Wildman–Crippen LogP) is 1.67. The summed E-state index contributed by atoms with van der Waals surface area (Å²) in [4.78, 5) is 0. The summed E-state index contributed by atoms with van der Waals surface area (Å²) in [6.07, 6.45) is 2.42. The zero-order chi connectivity index (χ0) is 13.7. The van der Waals surface area contributed by atoms with Gasteiger partial charge in [-0.2, -0.15) is 0 Å². The number of ether oxygens (including phenoxy) is 2. The zero-order valence-electron chi connectivity index (χ0n) is 11.7. The minimum Gasteiger partial charge on any atom is -0.491 e. The molecule has 0 radical (unpaired) electrons. The van der Waals surface area contributed by atoms with Crippen LogP contribution in [0.3, 0.4) is 0 Å². The summed E-state index contributed by atoms with van der Waals surface area (Å²) in [6.45, 7) is 3.39. The molecule has 0 aromatic heterocycles. The van der Waals surface area contributed by atoms with E-state index >= 15 is 0 Å². The van der Waals surface area contributed by atoms with Crippen molar-refractivity contribution in [2.45, 2.75) is 31.4 Å². The molecule has 0 amide bonds. The number of aliphatic hydroxyl groups is 1. The quantitative estimate of drug-likeness (QED) is 0.702. The molecular weight excluding hydrogens is 242 g/mol. The van der Waals surface area contributed by atoms with Crippen LogP contribution in [0, 0.1) is 0 Å². The van der Waals surface area contributed by atoms with Crippen LogP contribution in [0.5, 0.6) is 5.75 Å². The fourth-order valence-corrected chi connectivity index (χ4v) is 2.00. The molecule has 0 bridgehead atoms. The first-order valence-corrected chi connectivity index (χ1v) is 6.80. The predicted molar refractivity (Wildman–Crippen MR) is 74.4 cm³/mol. The molecule has 1 atom stereocenters. The third kappa shape index (κ3) is 4.20. The van der Waals surface area contributed by atoms with Gasteiger partial charge >= 0.3 is 0 Å². The molecule has 19 heavy (non-hydrogen) atoms. The minimum atomic E-state index is -0.924. The van der Waals surface area contributed by atoms with Crippen molar-refractivity contribution >= 4 is 0 Å². The van der Waals surface area contributed by atoms with Gasteiger partial charge in [-0.3, -0.25) is 0 Å². The van der Waals surface area contributed by atoms with Gasteiger partial charge in [0.05, 0.1) is 6.61 Å². The normalized spacial score (nSPS) is 18.1. The van der Waals surface area contributed by atoms with Gasteiger partial charge < -0.3 is 19.9 Å². The lowest BCUT2D eigenvalue weighted by Gasteiger charge is -2.26. The summed E-state index contributed by atoms with van der Waals surface area (Å²) < 4.78 is 10.6. The summed E-state index contributed by atoms with van der Waals surface area (Å²) in [7, 11) is 1.64. The highest BCUT2D eigenvalue weighted by atomic mass is 16.5. The van der Waals surface area contributed by atoms with E-state index in [4.69, 9.17) is 9.47 Å². The van der Waals surface area contributed by atoms with Crippen LogP contribution in [-0.2, 0) is 10.3 Å². The smallest absolute Gasteiger partial charge is 0.125 e. The zero-order valence-corrected chi connectivity index (χ0v) is 11.7. The van der Waals surface area contributed by atoms with Gasteiger partial charge in [0.15, 0.2) is 0 Å². The Kier molecular flexibility index (Phi) is 4.80. The molecule has 0 saturated heterocycles. The lowest BCUT2D eigenvalue weighted by Crippen LogP contribution is -2.36. The minimum absolute atomic E-state index is 0.486. The van der Waals surface area contributed by atoms with Gasteiger partial charge in [0, 0.05) is 25.3 Å². The molecule has 1 fully saturated rings. The van der Waals surface area contributed by atoms with Crippen molar-refractivity contribution in [3.63, 3.8) is 0 Å². The van der Waals surface area contributed by atoms with Crippen LogP contribution in [0.2, 0.25) is 0 Å². The Labute approximate surface area is 114 Å². The molecule has 1 aromatic rings. The Morgan fingerprint density at radius 3 is 2.74 bits per heavy atom. The monoisotopic (exact) mass is 265 g/mol. The van der Waals surface area contributed by atoms with Gasteiger partial charge in [-0.15, -0.1) is 0 Å². The van der Waals surface area contributed by atoms with Gasteiger partial charge in [0.1, 0.15) is 18.0 Å². The van der Waals surface area contributed by atoms with Crippen molar-refractivity contribution in [1.29, 1.82) is 0 Å². The Morgan fingerprint density at radius 2 is 2.05 bits per heavy atom. The van der Waals surface area contributed by atoms with E-state index in [1.807, 2.05) is 31.2 Å². The standard InChI is InChI=1S/C15H23NO3/c1-15(17,11-16-12-7-8-12)13-5-3-4-6-14(13)19-10-9-18-2/h3-6,12,16-17H,7-11H2,1-2H3. The Morgan fingerprint density at radius 1 is 1.32 bits per heavy atom. The summed E-state index contributed by atoms with van der Waals surface area (Å²) in [5.41, 5.74) is -0.106. The van der Waals surface area contributed by atoms with E-state index in [1.165, 1.54) is 12.8 Å². The van der Waals surface area contributed by atoms with Crippen molar-refractivity contribution in [2.75, 3.05) is 26.9 Å². The van der Waals surface area contributed by atoms with Crippen LogP contribution in [-0.4, -0.2) is 38.0 Å². The lowest BCUT2D eigenvalue weighted by atomic mass is 9.95. The Hall–Kier alpha value is -1.10. The molecule has 4 nitrogen and oxygen atoms in total. The molecule has 2 rings (SSSR count). The maximum absolute atomic E-state index is 10.6. The molecule has 2 N–H and O–H groups in total. The Balaban J connectivity index is 2.03. The average molecular weight is 265 g/mol. The van der Waals surface area contributed by atoms with Gasteiger partial charge in [-0.1, -0.05) is 18.2 Å². The van der Waals surface area contributed by atoms with Crippen LogP contribution in [0.15, 0.2) is 24.3 Å². The molecule has 1 saturated carbocycles. The molecule has 0 heterocycles. The van der Waals surface area contributed by atoms with E-state index in [-0.39, 0.29) is 0 Å². The van der Waals surface area contributed by atoms with Crippen LogP contribution in [0.25, 0.3) is 0 Å². The number of methoxy groups -OCH3 is 1. The number of hydrogen-bond donors (Lipinski definition) is 2. The molecule has 106 valence electrons. The molecule has 0 spiro atoms. The summed E-state index contributed by atoms with van der Waals surface area (Å²) in [5.74, 6) is 0.724. The molecular formula is C15H23NO3. The van der Waals surface area contributed by atoms with E-state index in [0.29, 0.717) is 25.8 Å².